The van der Waals surface area contributed by atoms with Gasteiger partial charge in [0.2, 0.25) is 0 Å². The molecule has 1 aromatic heterocycles. The molecule has 0 saturated carbocycles. The molecule has 0 amide bonds. The van der Waals surface area contributed by atoms with Gasteiger partial charge in [-0.3, -0.25) is 3.96 Å². The van der Waals surface area contributed by atoms with E-state index in [4.69, 9.17) is 23.8 Å². The maximum Gasteiger partial charge on any atom is 0.129 e. The van der Waals surface area contributed by atoms with E-state index in [2.05, 4.69) is 61.2 Å². The lowest BCUT2D eigenvalue weighted by molar-refractivity contribution is 0.620. The second-order valence-electron chi connectivity index (χ2n) is 7.56. The molecule has 0 unspecified atom stereocenters. The largest absolute Gasteiger partial charge is 0.375 e. The van der Waals surface area contributed by atoms with Crippen molar-refractivity contribution in [2.45, 2.75) is 40.2 Å². The van der Waals surface area contributed by atoms with Gasteiger partial charge in [0.1, 0.15) is 4.64 Å². The molecule has 0 aliphatic carbocycles. The Morgan fingerprint density at radius 3 is 2.46 bits per heavy atom. The number of hydrogen-bond acceptors (Lipinski definition) is 3. The van der Waals surface area contributed by atoms with Crippen LogP contribution in [0.15, 0.2) is 30.3 Å². The Morgan fingerprint density at radius 2 is 1.77 bits per heavy atom. The first kappa shape index (κ1) is 17.8. The Labute approximate surface area is 168 Å². The molecule has 3 aromatic rings. The van der Waals surface area contributed by atoms with Crippen molar-refractivity contribution in [2.24, 2.45) is 0 Å². The fourth-order valence-corrected chi connectivity index (χ4v) is 5.26. The summed E-state index contributed by atoms with van der Waals surface area (Å²) in [5.74, 6) is 0. The van der Waals surface area contributed by atoms with Crippen LogP contribution in [0.25, 0.3) is 16.8 Å². The zero-order chi connectivity index (χ0) is 18.8. The normalized spacial score (nSPS) is 14.5. The van der Waals surface area contributed by atoms with E-state index >= 15 is 0 Å². The van der Waals surface area contributed by atoms with Gasteiger partial charge in [0.15, 0.2) is 0 Å². The predicted molar refractivity (Wildman–Crippen MR) is 116 cm³/mol. The van der Waals surface area contributed by atoms with Gasteiger partial charge in [-0.2, -0.15) is 0 Å². The van der Waals surface area contributed by atoms with Crippen molar-refractivity contribution in [3.63, 3.8) is 0 Å². The zero-order valence-electron chi connectivity index (χ0n) is 15.5. The van der Waals surface area contributed by atoms with E-state index in [0.717, 1.165) is 37.7 Å². The lowest BCUT2D eigenvalue weighted by atomic mass is 9.89. The molecule has 26 heavy (non-hydrogen) atoms. The van der Waals surface area contributed by atoms with Crippen molar-refractivity contribution in [1.29, 1.82) is 0 Å². The lowest BCUT2D eigenvalue weighted by Gasteiger charge is -2.33. The summed E-state index contributed by atoms with van der Waals surface area (Å²) in [5.41, 5.74) is 7.88. The molecule has 0 saturated heterocycles. The third kappa shape index (κ3) is 2.63. The number of nitrogens with zero attached hydrogens (tertiary/aromatic N) is 1. The first-order valence-electron chi connectivity index (χ1n) is 8.62. The molecular formula is C21H21ClN2S2. The highest BCUT2D eigenvalue weighted by atomic mass is 35.5. The Morgan fingerprint density at radius 1 is 1.04 bits per heavy atom. The van der Waals surface area contributed by atoms with Gasteiger partial charge in [-0.25, -0.2) is 0 Å². The van der Waals surface area contributed by atoms with Gasteiger partial charge in [-0.15, -0.1) is 0 Å². The second kappa shape index (κ2) is 5.95. The summed E-state index contributed by atoms with van der Waals surface area (Å²) in [5, 5.41) is 4.44. The molecule has 2 heterocycles. The van der Waals surface area contributed by atoms with Crippen molar-refractivity contribution >= 4 is 41.0 Å². The average molecular weight is 401 g/mol. The highest BCUT2D eigenvalue weighted by Crippen LogP contribution is 2.48. The van der Waals surface area contributed by atoms with E-state index in [9.17, 15) is 0 Å². The van der Waals surface area contributed by atoms with Crippen LogP contribution in [0.5, 0.6) is 0 Å². The van der Waals surface area contributed by atoms with E-state index in [-0.39, 0.29) is 5.54 Å². The first-order chi connectivity index (χ1) is 12.2. The summed E-state index contributed by atoms with van der Waals surface area (Å²) in [6.07, 6.45) is 0. The maximum absolute atomic E-state index is 6.43. The Bertz CT molecular complexity index is 1110. The van der Waals surface area contributed by atoms with Crippen molar-refractivity contribution in [3.05, 3.63) is 61.6 Å². The minimum Gasteiger partial charge on any atom is -0.375 e. The van der Waals surface area contributed by atoms with Gasteiger partial charge >= 0.3 is 0 Å². The second-order valence-corrected chi connectivity index (χ2v) is 9.31. The summed E-state index contributed by atoms with van der Waals surface area (Å²) >= 11 is 14.1. The number of aryl methyl sites for hydroxylation is 3. The lowest BCUT2D eigenvalue weighted by Crippen LogP contribution is -2.30. The van der Waals surface area contributed by atoms with Crippen LogP contribution in [0.2, 0.25) is 5.02 Å². The van der Waals surface area contributed by atoms with Gasteiger partial charge in [-0.05, 0) is 75.6 Å². The molecular weight excluding hydrogens is 380 g/mol. The monoisotopic (exact) mass is 400 g/mol. The maximum atomic E-state index is 6.43. The van der Waals surface area contributed by atoms with E-state index < -0.39 is 0 Å². The molecule has 1 aliphatic heterocycles. The van der Waals surface area contributed by atoms with Gasteiger partial charge in [-0.1, -0.05) is 41.4 Å². The summed E-state index contributed by atoms with van der Waals surface area (Å²) < 4.78 is 3.02. The first-order valence-corrected chi connectivity index (χ1v) is 10.2. The van der Waals surface area contributed by atoms with Crippen LogP contribution in [0, 0.1) is 25.4 Å². The van der Waals surface area contributed by atoms with E-state index in [1.54, 1.807) is 11.5 Å². The zero-order valence-corrected chi connectivity index (χ0v) is 17.9. The van der Waals surface area contributed by atoms with Crippen LogP contribution in [-0.4, -0.2) is 3.96 Å². The molecule has 0 atom stereocenters. The molecule has 1 N–H and O–H groups in total. The van der Waals surface area contributed by atoms with Crippen LogP contribution in [0.3, 0.4) is 0 Å². The molecule has 2 nitrogen and oxygen atoms in total. The minimum absolute atomic E-state index is 0.189. The molecule has 4 rings (SSSR count). The number of benzene rings is 2. The Kier molecular flexibility index (Phi) is 4.07. The van der Waals surface area contributed by atoms with Crippen molar-refractivity contribution in [1.82, 2.24) is 3.96 Å². The summed E-state index contributed by atoms with van der Waals surface area (Å²) in [6, 6.07) is 10.7. The number of rotatable bonds is 1. The molecule has 0 spiro atoms. The van der Waals surface area contributed by atoms with Crippen LogP contribution in [-0.2, 0) is 5.54 Å². The van der Waals surface area contributed by atoms with Gasteiger partial charge in [0.25, 0.3) is 0 Å². The molecule has 2 aromatic carbocycles. The summed E-state index contributed by atoms with van der Waals surface area (Å²) in [4.78, 5) is 1.24. The number of halogens is 1. The highest BCUT2D eigenvalue weighted by molar-refractivity contribution is 7.71. The SMILES string of the molecule is Cc1ccc(-n2sc3c(c2=S)-c2cc(Cl)c(C)cc2NC3(C)C)cc1C. The predicted octanol–water partition coefficient (Wildman–Crippen LogP) is 7.17. The number of anilines is 1. The average Bonchev–Trinajstić information content (AvgIpc) is 2.91. The molecule has 134 valence electrons. The van der Waals surface area contributed by atoms with Crippen LogP contribution >= 0.6 is 35.4 Å². The van der Waals surface area contributed by atoms with Crippen molar-refractivity contribution in [2.75, 3.05) is 5.32 Å². The Balaban J connectivity index is 2.02. The van der Waals surface area contributed by atoms with Crippen LogP contribution < -0.4 is 5.32 Å². The molecule has 0 fully saturated rings. The van der Waals surface area contributed by atoms with E-state index in [1.807, 2.05) is 13.0 Å². The molecule has 0 radical (unpaired) electrons. The van der Waals surface area contributed by atoms with Crippen LogP contribution in [0.4, 0.5) is 5.69 Å². The van der Waals surface area contributed by atoms with E-state index in [1.165, 1.54) is 16.0 Å². The molecule has 0 bridgehead atoms. The summed E-state index contributed by atoms with van der Waals surface area (Å²) in [7, 11) is 0. The molecule has 1 aliphatic rings. The number of fused-ring (bicyclic) bond motifs is 3. The third-order valence-electron chi connectivity index (χ3n) is 5.12. The number of aromatic nitrogens is 1. The van der Waals surface area contributed by atoms with Gasteiger partial charge in [0.05, 0.1) is 16.1 Å². The summed E-state index contributed by atoms with van der Waals surface area (Å²) in [6.45, 7) is 10.7. The smallest absolute Gasteiger partial charge is 0.129 e. The highest BCUT2D eigenvalue weighted by Gasteiger charge is 2.35. The van der Waals surface area contributed by atoms with Gasteiger partial charge < -0.3 is 5.32 Å². The van der Waals surface area contributed by atoms with Crippen molar-refractivity contribution in [3.8, 4) is 16.8 Å². The van der Waals surface area contributed by atoms with Gasteiger partial charge in [0, 0.05) is 21.8 Å². The quantitative estimate of drug-likeness (QED) is 0.436. The standard InChI is InChI=1S/C21H21ClN2S2/c1-11-6-7-14(8-12(11)2)24-20(25)18-15-10-16(22)13(3)9-17(15)23-21(4,5)19(18)26-24/h6-10,23H,1-5H3. The van der Waals surface area contributed by atoms with Crippen molar-refractivity contribution < 1.29 is 0 Å². The topological polar surface area (TPSA) is 17.0 Å². The fraction of sp³-hybridized carbons (Fsp3) is 0.286. The third-order valence-corrected chi connectivity index (χ3v) is 7.50. The number of hydrogen-bond donors (Lipinski definition) is 1. The number of nitrogens with one attached hydrogen (secondary N) is 1. The van der Waals surface area contributed by atoms with E-state index in [0.29, 0.717) is 0 Å². The fourth-order valence-electron chi connectivity index (χ4n) is 3.45. The molecule has 5 heteroatoms. The van der Waals surface area contributed by atoms with Crippen LogP contribution in [0.1, 0.15) is 35.4 Å². The Hall–Kier alpha value is -1.62. The minimum atomic E-state index is -0.189.